The van der Waals surface area contributed by atoms with Gasteiger partial charge in [-0.15, -0.1) is 0 Å². The largest absolute Gasteiger partial charge is 0.316 e. The number of nitrogens with zero attached hydrogens (tertiary/aromatic N) is 2. The predicted octanol–water partition coefficient (Wildman–Crippen LogP) is 1.47. The third-order valence-electron chi connectivity index (χ3n) is 1.99. The molecule has 0 radical (unpaired) electrons. The lowest BCUT2D eigenvalue weighted by Crippen LogP contribution is -2.37. The van der Waals surface area contributed by atoms with Crippen molar-refractivity contribution in [2.75, 3.05) is 33.7 Å². The van der Waals surface area contributed by atoms with Crippen molar-refractivity contribution in [2.45, 2.75) is 26.7 Å². The van der Waals surface area contributed by atoms with Crippen LogP contribution in [0.15, 0.2) is 0 Å². The van der Waals surface area contributed by atoms with Gasteiger partial charge in [0.2, 0.25) is 0 Å². The van der Waals surface area contributed by atoms with Crippen LogP contribution in [-0.4, -0.2) is 38.6 Å². The lowest BCUT2D eigenvalue weighted by molar-refractivity contribution is 0.233. The van der Waals surface area contributed by atoms with Crippen molar-refractivity contribution < 1.29 is 0 Å². The minimum Gasteiger partial charge on any atom is -0.316 e. The lowest BCUT2D eigenvalue weighted by atomic mass is 9.93. The molecule has 0 aliphatic carbocycles. The smallest absolute Gasteiger partial charge is 0.0622 e. The zero-order chi connectivity index (χ0) is 11.0. The quantitative estimate of drug-likeness (QED) is 0.628. The van der Waals surface area contributed by atoms with Gasteiger partial charge in [0.15, 0.2) is 0 Å². The summed E-state index contributed by atoms with van der Waals surface area (Å²) in [6.45, 7) is 7.55. The predicted molar refractivity (Wildman–Crippen MR) is 60.1 cm³/mol. The number of unbranched alkanes of at least 4 members (excludes halogenated alkanes) is 1. The SMILES string of the molecule is CN(C)CC(C)(C)CNCCCC#N. The Balaban J connectivity index is 3.51. The van der Waals surface area contributed by atoms with Gasteiger partial charge in [0, 0.05) is 19.5 Å². The monoisotopic (exact) mass is 197 g/mol. The van der Waals surface area contributed by atoms with Crippen LogP contribution in [0.1, 0.15) is 26.7 Å². The van der Waals surface area contributed by atoms with Crippen LogP contribution in [0, 0.1) is 16.7 Å². The average molecular weight is 197 g/mol. The molecule has 0 atom stereocenters. The maximum atomic E-state index is 8.36. The normalized spacial score (nSPS) is 11.7. The molecule has 0 aliphatic heterocycles. The maximum absolute atomic E-state index is 8.36. The second kappa shape index (κ2) is 6.80. The molecule has 0 fully saturated rings. The van der Waals surface area contributed by atoms with Gasteiger partial charge in [-0.25, -0.2) is 0 Å². The molecule has 0 saturated carbocycles. The maximum Gasteiger partial charge on any atom is 0.0622 e. The first-order valence-corrected chi connectivity index (χ1v) is 5.20. The molecular formula is C11H23N3. The van der Waals surface area contributed by atoms with Crippen molar-refractivity contribution in [1.82, 2.24) is 10.2 Å². The van der Waals surface area contributed by atoms with Crippen molar-refractivity contribution in [3.63, 3.8) is 0 Å². The summed E-state index contributed by atoms with van der Waals surface area (Å²) in [5.41, 5.74) is 0.302. The minimum atomic E-state index is 0.302. The summed E-state index contributed by atoms with van der Waals surface area (Å²) in [5, 5.41) is 11.7. The Hall–Kier alpha value is -0.590. The third-order valence-corrected chi connectivity index (χ3v) is 1.99. The highest BCUT2D eigenvalue weighted by atomic mass is 15.1. The fraction of sp³-hybridized carbons (Fsp3) is 0.909. The third kappa shape index (κ3) is 8.03. The highest BCUT2D eigenvalue weighted by molar-refractivity contribution is 4.75. The van der Waals surface area contributed by atoms with Gasteiger partial charge in [0.25, 0.3) is 0 Å². The molecule has 14 heavy (non-hydrogen) atoms. The first kappa shape index (κ1) is 13.4. The highest BCUT2D eigenvalue weighted by Gasteiger charge is 2.17. The van der Waals surface area contributed by atoms with Gasteiger partial charge >= 0.3 is 0 Å². The molecule has 0 heterocycles. The van der Waals surface area contributed by atoms with E-state index in [9.17, 15) is 0 Å². The Labute approximate surface area is 88.1 Å². The van der Waals surface area contributed by atoms with E-state index in [-0.39, 0.29) is 0 Å². The Kier molecular flexibility index (Phi) is 6.52. The van der Waals surface area contributed by atoms with Crippen molar-refractivity contribution in [3.05, 3.63) is 0 Å². The number of hydrogen-bond acceptors (Lipinski definition) is 3. The highest BCUT2D eigenvalue weighted by Crippen LogP contribution is 2.13. The molecule has 0 rings (SSSR count). The van der Waals surface area contributed by atoms with Gasteiger partial charge in [-0.05, 0) is 32.5 Å². The second-order valence-corrected chi connectivity index (χ2v) is 4.84. The number of nitriles is 1. The van der Waals surface area contributed by atoms with Crippen LogP contribution in [0.4, 0.5) is 0 Å². The molecule has 0 aromatic carbocycles. The fourth-order valence-corrected chi connectivity index (χ4v) is 1.63. The van der Waals surface area contributed by atoms with Gasteiger partial charge < -0.3 is 10.2 Å². The zero-order valence-electron chi connectivity index (χ0n) is 9.93. The molecule has 0 spiro atoms. The molecule has 0 unspecified atom stereocenters. The number of rotatable bonds is 7. The molecule has 3 nitrogen and oxygen atoms in total. The van der Waals surface area contributed by atoms with Crippen LogP contribution in [0.25, 0.3) is 0 Å². The summed E-state index contributed by atoms with van der Waals surface area (Å²) in [6, 6.07) is 2.15. The van der Waals surface area contributed by atoms with E-state index < -0.39 is 0 Å². The van der Waals surface area contributed by atoms with Crippen LogP contribution in [0.5, 0.6) is 0 Å². The Morgan fingerprint density at radius 2 is 2.00 bits per heavy atom. The number of hydrogen-bond donors (Lipinski definition) is 1. The van der Waals surface area contributed by atoms with Crippen LogP contribution >= 0.6 is 0 Å². The molecule has 0 aromatic rings. The average Bonchev–Trinajstić information content (AvgIpc) is 2.01. The van der Waals surface area contributed by atoms with Gasteiger partial charge in [-0.2, -0.15) is 5.26 Å². The summed E-state index contributed by atoms with van der Waals surface area (Å²) in [4.78, 5) is 2.21. The molecular weight excluding hydrogens is 174 g/mol. The second-order valence-electron chi connectivity index (χ2n) is 4.84. The number of nitrogens with one attached hydrogen (secondary N) is 1. The van der Waals surface area contributed by atoms with Crippen LogP contribution in [0.3, 0.4) is 0 Å². The van der Waals surface area contributed by atoms with Crippen LogP contribution in [0.2, 0.25) is 0 Å². The fourth-order valence-electron chi connectivity index (χ4n) is 1.63. The van der Waals surface area contributed by atoms with Crippen LogP contribution < -0.4 is 5.32 Å². The molecule has 0 aliphatic rings. The summed E-state index contributed by atoms with van der Waals surface area (Å²) >= 11 is 0. The Morgan fingerprint density at radius 1 is 1.36 bits per heavy atom. The van der Waals surface area contributed by atoms with Crippen molar-refractivity contribution in [3.8, 4) is 6.07 Å². The lowest BCUT2D eigenvalue weighted by Gasteiger charge is -2.28. The summed E-state index contributed by atoms with van der Waals surface area (Å²) in [7, 11) is 4.19. The van der Waals surface area contributed by atoms with E-state index in [2.05, 4.69) is 44.2 Å². The van der Waals surface area contributed by atoms with Gasteiger partial charge in [0.05, 0.1) is 6.07 Å². The van der Waals surface area contributed by atoms with E-state index in [1.165, 1.54) is 0 Å². The minimum absolute atomic E-state index is 0.302. The van der Waals surface area contributed by atoms with E-state index in [1.807, 2.05) is 0 Å². The summed E-state index contributed by atoms with van der Waals surface area (Å²) < 4.78 is 0. The van der Waals surface area contributed by atoms with Crippen LogP contribution in [-0.2, 0) is 0 Å². The van der Waals surface area contributed by atoms with Gasteiger partial charge in [0.1, 0.15) is 0 Å². The standard InChI is InChI=1S/C11H23N3/c1-11(2,10-14(3)4)9-13-8-6-5-7-12/h13H,5-6,8-10H2,1-4H3. The van der Waals surface area contributed by atoms with E-state index >= 15 is 0 Å². The molecule has 1 N–H and O–H groups in total. The molecule has 0 saturated heterocycles. The molecule has 3 heteroatoms. The van der Waals surface area contributed by atoms with Gasteiger partial charge in [-0.1, -0.05) is 13.8 Å². The van der Waals surface area contributed by atoms with Crippen molar-refractivity contribution in [2.24, 2.45) is 5.41 Å². The summed E-state index contributed by atoms with van der Waals surface area (Å²) in [6.07, 6.45) is 1.61. The van der Waals surface area contributed by atoms with Crippen molar-refractivity contribution in [1.29, 1.82) is 5.26 Å². The summed E-state index contributed by atoms with van der Waals surface area (Å²) in [5.74, 6) is 0. The van der Waals surface area contributed by atoms with E-state index in [4.69, 9.17) is 5.26 Å². The first-order chi connectivity index (χ1) is 6.48. The van der Waals surface area contributed by atoms with E-state index in [0.29, 0.717) is 11.8 Å². The van der Waals surface area contributed by atoms with Gasteiger partial charge in [-0.3, -0.25) is 0 Å². The Morgan fingerprint density at radius 3 is 2.50 bits per heavy atom. The first-order valence-electron chi connectivity index (χ1n) is 5.20. The molecule has 0 bridgehead atoms. The topological polar surface area (TPSA) is 39.1 Å². The van der Waals surface area contributed by atoms with E-state index in [0.717, 1.165) is 26.1 Å². The molecule has 0 aromatic heterocycles. The molecule has 0 amide bonds. The van der Waals surface area contributed by atoms with Crippen molar-refractivity contribution >= 4 is 0 Å². The zero-order valence-corrected chi connectivity index (χ0v) is 9.93. The van der Waals surface area contributed by atoms with E-state index in [1.54, 1.807) is 0 Å². The molecule has 82 valence electrons. The Bertz CT molecular complexity index is 179.